The first-order valence-corrected chi connectivity index (χ1v) is 13.3. The third kappa shape index (κ3) is 8.55. The van der Waals surface area contributed by atoms with Gasteiger partial charge in [-0.3, -0.25) is 9.35 Å². The van der Waals surface area contributed by atoms with E-state index >= 15 is 0 Å². The molecule has 2 bridgehead atoms. The predicted octanol–water partition coefficient (Wildman–Crippen LogP) is -0.519. The molecule has 0 aromatic heterocycles. The molecule has 3 aliphatic heterocycles. The third-order valence-corrected chi connectivity index (χ3v) is 6.47. The Hall–Kier alpha value is -0.940. The molecule has 3 rings (SSSR count). The number of amides is 1. The van der Waals surface area contributed by atoms with Crippen molar-refractivity contribution < 1.29 is 55.7 Å². The molecule has 204 valence electrons. The first kappa shape index (κ1) is 28.6. The number of carbonyl (C=O) groups is 1. The maximum atomic E-state index is 11.7. The van der Waals surface area contributed by atoms with E-state index in [4.69, 9.17) is 42.4 Å². The molecule has 5 atom stereocenters. The normalized spacial score (nSPS) is 31.4. The predicted molar refractivity (Wildman–Crippen MR) is 119 cm³/mol. The highest BCUT2D eigenvalue weighted by Gasteiger charge is 2.66. The molecular weight excluding hydrogens is 490 g/mol. The number of hydrogen-bond donors (Lipinski definition) is 2. The summed E-state index contributed by atoms with van der Waals surface area (Å²) >= 11 is 0. The van der Waals surface area contributed by atoms with Gasteiger partial charge in [-0.2, -0.15) is 8.42 Å². The Bertz CT molecular complexity index is 793. The fourth-order valence-corrected chi connectivity index (χ4v) is 4.74. The second kappa shape index (κ2) is 12.5. The fourth-order valence-electron chi connectivity index (χ4n) is 4.25. The van der Waals surface area contributed by atoms with E-state index in [1.54, 1.807) is 0 Å². The van der Waals surface area contributed by atoms with Crippen molar-refractivity contribution in [3.63, 3.8) is 0 Å². The molecule has 1 amide bonds. The molecule has 3 heterocycles. The third-order valence-electron chi connectivity index (χ3n) is 5.66. The van der Waals surface area contributed by atoms with Gasteiger partial charge in [-0.05, 0) is 20.3 Å². The van der Waals surface area contributed by atoms with E-state index in [0.29, 0.717) is 39.6 Å². The first-order valence-electron chi connectivity index (χ1n) is 11.7. The monoisotopic (exact) mass is 527 g/mol. The van der Waals surface area contributed by atoms with Crippen LogP contribution < -0.4 is 5.32 Å². The Morgan fingerprint density at radius 1 is 0.971 bits per heavy atom. The molecule has 13 nitrogen and oxygen atoms in total. The Morgan fingerprint density at radius 3 is 2.17 bits per heavy atom. The molecule has 0 aliphatic carbocycles. The largest absolute Gasteiger partial charge is 0.379 e. The van der Waals surface area contributed by atoms with Gasteiger partial charge in [-0.25, -0.2) is 0 Å². The quantitative estimate of drug-likeness (QED) is 0.196. The molecule has 0 unspecified atom stereocenters. The standard InChI is InChI=1S/C21H37NO12S/c1-15(23)22-16-17-18(33-20(2,3)32-17)21(14-31-19(16)34-21)13-30-11-10-29-9-8-28-7-6-27-5-4-12-35(24,25)26/h16-19H,4-14H2,1-3H3,(H,22,23)(H,24,25,26)/t16-,17-,18-,19+,21+/m1/s1. The molecule has 35 heavy (non-hydrogen) atoms. The Labute approximate surface area is 205 Å². The van der Waals surface area contributed by atoms with Crippen LogP contribution in [0.15, 0.2) is 0 Å². The van der Waals surface area contributed by atoms with Crippen LogP contribution in [0.25, 0.3) is 0 Å². The van der Waals surface area contributed by atoms with Gasteiger partial charge in [0.25, 0.3) is 10.1 Å². The van der Waals surface area contributed by atoms with E-state index in [1.165, 1.54) is 6.92 Å². The van der Waals surface area contributed by atoms with Crippen LogP contribution in [0.4, 0.5) is 0 Å². The maximum absolute atomic E-state index is 11.7. The van der Waals surface area contributed by atoms with E-state index < -0.39 is 46.0 Å². The second-order valence-corrected chi connectivity index (χ2v) is 10.7. The molecule has 3 fully saturated rings. The summed E-state index contributed by atoms with van der Waals surface area (Å²) in [6.45, 7) is 7.96. The number of ether oxygens (including phenoxy) is 8. The van der Waals surface area contributed by atoms with Gasteiger partial charge in [0.2, 0.25) is 5.91 Å². The first-order chi connectivity index (χ1) is 16.5. The van der Waals surface area contributed by atoms with Gasteiger partial charge >= 0.3 is 0 Å². The van der Waals surface area contributed by atoms with Gasteiger partial charge in [0, 0.05) is 13.5 Å². The molecule has 0 saturated carbocycles. The van der Waals surface area contributed by atoms with Crippen LogP contribution >= 0.6 is 0 Å². The Morgan fingerprint density at radius 2 is 1.57 bits per heavy atom. The van der Waals surface area contributed by atoms with Crippen molar-refractivity contribution in [2.24, 2.45) is 0 Å². The molecule has 3 aliphatic rings. The zero-order valence-corrected chi connectivity index (χ0v) is 21.3. The lowest BCUT2D eigenvalue weighted by atomic mass is 9.88. The number of hydrogen-bond acceptors (Lipinski definition) is 11. The summed E-state index contributed by atoms with van der Waals surface area (Å²) in [6, 6.07) is -0.472. The van der Waals surface area contributed by atoms with Gasteiger partial charge in [0.1, 0.15) is 23.9 Å². The van der Waals surface area contributed by atoms with E-state index in [0.717, 1.165) is 0 Å². The molecular formula is C21H37NO12S. The molecule has 0 radical (unpaired) electrons. The SMILES string of the molecule is CC(=O)N[C@H]1[C@H]2OC[C@](COCCOCCOCCOCCCS(=O)(=O)O)(O2)[C@@H]2OC(C)(C)O[C@H]12. The molecule has 0 aromatic rings. The highest BCUT2D eigenvalue weighted by molar-refractivity contribution is 7.85. The lowest BCUT2D eigenvalue weighted by Gasteiger charge is -2.42. The van der Waals surface area contributed by atoms with Gasteiger partial charge < -0.3 is 43.2 Å². The molecule has 3 saturated heterocycles. The van der Waals surface area contributed by atoms with Gasteiger partial charge in [0.05, 0.1) is 58.6 Å². The van der Waals surface area contributed by atoms with Crippen LogP contribution in [0.2, 0.25) is 0 Å². The highest BCUT2D eigenvalue weighted by atomic mass is 32.2. The van der Waals surface area contributed by atoms with E-state index in [1.807, 2.05) is 13.8 Å². The van der Waals surface area contributed by atoms with Crippen molar-refractivity contribution in [3.8, 4) is 0 Å². The second-order valence-electron chi connectivity index (χ2n) is 9.14. The molecule has 2 N–H and O–H groups in total. The number of rotatable bonds is 16. The molecule has 0 spiro atoms. The summed E-state index contributed by atoms with van der Waals surface area (Å²) in [7, 11) is -3.94. The summed E-state index contributed by atoms with van der Waals surface area (Å²) in [4.78, 5) is 11.7. The minimum atomic E-state index is -3.94. The number of carbonyl (C=O) groups excluding carboxylic acids is 1. The highest BCUT2D eigenvalue weighted by Crippen LogP contribution is 2.46. The minimum Gasteiger partial charge on any atom is -0.379 e. The zero-order chi connectivity index (χ0) is 25.5. The van der Waals surface area contributed by atoms with E-state index in [9.17, 15) is 13.2 Å². The average molecular weight is 528 g/mol. The van der Waals surface area contributed by atoms with E-state index in [-0.39, 0.29) is 37.9 Å². The topological polar surface area (TPSA) is 157 Å². The van der Waals surface area contributed by atoms with Crippen LogP contribution in [0, 0.1) is 0 Å². The van der Waals surface area contributed by atoms with Crippen LogP contribution in [0.3, 0.4) is 0 Å². The van der Waals surface area contributed by atoms with Crippen molar-refractivity contribution in [2.45, 2.75) is 63.1 Å². The lowest BCUT2D eigenvalue weighted by molar-refractivity contribution is -0.214. The van der Waals surface area contributed by atoms with Gasteiger partial charge in [-0.15, -0.1) is 0 Å². The van der Waals surface area contributed by atoms with Gasteiger partial charge in [-0.1, -0.05) is 0 Å². The summed E-state index contributed by atoms with van der Waals surface area (Å²) in [5.41, 5.74) is -0.831. The van der Waals surface area contributed by atoms with Gasteiger partial charge in [0.15, 0.2) is 12.1 Å². The van der Waals surface area contributed by atoms with Crippen molar-refractivity contribution in [1.29, 1.82) is 0 Å². The smallest absolute Gasteiger partial charge is 0.264 e. The molecule has 14 heteroatoms. The number of fused-ring (bicyclic) bond motifs is 4. The lowest BCUT2D eigenvalue weighted by Crippen LogP contribution is -2.65. The van der Waals surface area contributed by atoms with Crippen LogP contribution in [-0.2, 0) is 52.8 Å². The van der Waals surface area contributed by atoms with Crippen molar-refractivity contribution in [2.75, 3.05) is 65.2 Å². The summed E-state index contributed by atoms with van der Waals surface area (Å²) in [5, 5.41) is 2.85. The fraction of sp³-hybridized carbons (Fsp3) is 0.952. The van der Waals surface area contributed by atoms with Crippen LogP contribution in [-0.4, -0.2) is 120 Å². The minimum absolute atomic E-state index is 0.200. The average Bonchev–Trinajstić information content (AvgIpc) is 3.30. The summed E-state index contributed by atoms with van der Waals surface area (Å²) in [6.07, 6.45) is -1.28. The van der Waals surface area contributed by atoms with Crippen molar-refractivity contribution in [3.05, 3.63) is 0 Å². The zero-order valence-electron chi connectivity index (χ0n) is 20.4. The summed E-state index contributed by atoms with van der Waals surface area (Å²) in [5.74, 6) is -1.34. The summed E-state index contributed by atoms with van der Waals surface area (Å²) < 4.78 is 75.8. The van der Waals surface area contributed by atoms with Crippen LogP contribution in [0.5, 0.6) is 0 Å². The Balaban J connectivity index is 1.27. The maximum Gasteiger partial charge on any atom is 0.264 e. The van der Waals surface area contributed by atoms with Crippen LogP contribution in [0.1, 0.15) is 27.2 Å². The van der Waals surface area contributed by atoms with Crippen molar-refractivity contribution >= 4 is 16.0 Å². The van der Waals surface area contributed by atoms with E-state index in [2.05, 4.69) is 5.32 Å². The Kier molecular flexibility index (Phi) is 10.3. The number of nitrogens with one attached hydrogen (secondary N) is 1. The molecule has 0 aromatic carbocycles. The van der Waals surface area contributed by atoms with Crippen molar-refractivity contribution in [1.82, 2.24) is 5.32 Å².